The summed E-state index contributed by atoms with van der Waals surface area (Å²) in [6.45, 7) is 2.25. The van der Waals surface area contributed by atoms with Crippen molar-refractivity contribution in [3.05, 3.63) is 30.1 Å². The van der Waals surface area contributed by atoms with Crippen LogP contribution < -0.4 is 10.2 Å². The van der Waals surface area contributed by atoms with Gasteiger partial charge >= 0.3 is 12.0 Å². The molecule has 0 fully saturated rings. The van der Waals surface area contributed by atoms with Crippen LogP contribution in [-0.2, 0) is 4.79 Å². The van der Waals surface area contributed by atoms with Crippen molar-refractivity contribution in [3.63, 3.8) is 0 Å². The third kappa shape index (κ3) is 4.04. The van der Waals surface area contributed by atoms with E-state index in [9.17, 15) is 14.0 Å². The zero-order chi connectivity index (χ0) is 13.5. The number of urea groups is 1. The fourth-order valence-electron chi connectivity index (χ4n) is 1.44. The minimum absolute atomic E-state index is 0.0614. The van der Waals surface area contributed by atoms with Crippen molar-refractivity contribution >= 4 is 17.7 Å². The van der Waals surface area contributed by atoms with E-state index in [-0.39, 0.29) is 18.8 Å². The molecule has 98 valence electrons. The summed E-state index contributed by atoms with van der Waals surface area (Å²) in [5.41, 5.74) is 0.562. The Kier molecular flexibility index (Phi) is 5.10. The summed E-state index contributed by atoms with van der Waals surface area (Å²) in [7, 11) is 0. The molecule has 0 unspecified atom stereocenters. The SMILES string of the molecule is CCN(C(=O)NCCC(=O)O)c1ccc(F)cc1. The van der Waals surface area contributed by atoms with Crippen LogP contribution in [0.3, 0.4) is 0 Å². The largest absolute Gasteiger partial charge is 0.481 e. The maximum Gasteiger partial charge on any atom is 0.321 e. The molecule has 0 aliphatic carbocycles. The van der Waals surface area contributed by atoms with Gasteiger partial charge in [0, 0.05) is 18.8 Å². The fourth-order valence-corrected chi connectivity index (χ4v) is 1.44. The van der Waals surface area contributed by atoms with Gasteiger partial charge in [0.05, 0.1) is 6.42 Å². The molecule has 0 heterocycles. The monoisotopic (exact) mass is 254 g/mol. The molecule has 1 rings (SSSR count). The third-order valence-electron chi connectivity index (χ3n) is 2.31. The molecule has 0 saturated heterocycles. The van der Waals surface area contributed by atoms with Gasteiger partial charge in [-0.1, -0.05) is 0 Å². The zero-order valence-electron chi connectivity index (χ0n) is 10.0. The number of carbonyl (C=O) groups excluding carboxylic acids is 1. The van der Waals surface area contributed by atoms with Gasteiger partial charge in [-0.25, -0.2) is 9.18 Å². The molecule has 2 amide bonds. The molecule has 5 nitrogen and oxygen atoms in total. The lowest BCUT2D eigenvalue weighted by atomic mass is 10.3. The first kappa shape index (κ1) is 14.0. The van der Waals surface area contributed by atoms with Crippen LogP contribution in [0.5, 0.6) is 0 Å². The first-order valence-corrected chi connectivity index (χ1v) is 5.57. The van der Waals surface area contributed by atoms with E-state index >= 15 is 0 Å². The van der Waals surface area contributed by atoms with Crippen LogP contribution in [0.25, 0.3) is 0 Å². The molecule has 0 saturated carbocycles. The molecule has 6 heteroatoms. The number of rotatable bonds is 5. The summed E-state index contributed by atoms with van der Waals surface area (Å²) in [5.74, 6) is -1.35. The summed E-state index contributed by atoms with van der Waals surface area (Å²) in [4.78, 5) is 23.5. The molecule has 0 aromatic heterocycles. The lowest BCUT2D eigenvalue weighted by Crippen LogP contribution is -2.40. The lowest BCUT2D eigenvalue weighted by molar-refractivity contribution is -0.136. The van der Waals surface area contributed by atoms with Crippen molar-refractivity contribution in [2.45, 2.75) is 13.3 Å². The fraction of sp³-hybridized carbons (Fsp3) is 0.333. The maximum absolute atomic E-state index is 12.8. The van der Waals surface area contributed by atoms with Crippen LogP contribution in [0.2, 0.25) is 0 Å². The number of carboxylic acids is 1. The predicted molar refractivity (Wildman–Crippen MR) is 65.1 cm³/mol. The number of amides is 2. The number of aliphatic carboxylic acids is 1. The molecule has 1 aromatic rings. The van der Waals surface area contributed by atoms with Gasteiger partial charge in [0.1, 0.15) is 5.82 Å². The molecule has 0 aliphatic heterocycles. The number of carbonyl (C=O) groups is 2. The van der Waals surface area contributed by atoms with Crippen LogP contribution in [-0.4, -0.2) is 30.2 Å². The van der Waals surface area contributed by atoms with E-state index in [1.165, 1.54) is 29.2 Å². The van der Waals surface area contributed by atoms with Gasteiger partial charge in [-0.05, 0) is 31.2 Å². The second-order valence-electron chi connectivity index (χ2n) is 3.60. The lowest BCUT2D eigenvalue weighted by Gasteiger charge is -2.21. The van der Waals surface area contributed by atoms with Gasteiger partial charge in [-0.2, -0.15) is 0 Å². The normalized spacial score (nSPS) is 9.89. The number of benzene rings is 1. The molecule has 18 heavy (non-hydrogen) atoms. The molecular formula is C12H15FN2O3. The zero-order valence-corrected chi connectivity index (χ0v) is 10.0. The summed E-state index contributed by atoms with van der Waals surface area (Å²) >= 11 is 0. The van der Waals surface area contributed by atoms with Gasteiger partial charge in [0.2, 0.25) is 0 Å². The maximum atomic E-state index is 12.8. The molecule has 0 bridgehead atoms. The average molecular weight is 254 g/mol. The summed E-state index contributed by atoms with van der Waals surface area (Å²) < 4.78 is 12.8. The quantitative estimate of drug-likeness (QED) is 0.842. The highest BCUT2D eigenvalue weighted by Gasteiger charge is 2.13. The Labute approximate surface area is 104 Å². The van der Waals surface area contributed by atoms with E-state index in [0.29, 0.717) is 12.2 Å². The van der Waals surface area contributed by atoms with Crippen molar-refractivity contribution in [2.75, 3.05) is 18.0 Å². The number of nitrogens with zero attached hydrogens (tertiary/aromatic N) is 1. The first-order valence-electron chi connectivity index (χ1n) is 5.57. The number of carboxylic acid groups (broad SMARTS) is 1. The van der Waals surface area contributed by atoms with Crippen molar-refractivity contribution in [3.8, 4) is 0 Å². The highest BCUT2D eigenvalue weighted by atomic mass is 19.1. The molecular weight excluding hydrogens is 239 g/mol. The predicted octanol–water partition coefficient (Wildman–Crippen LogP) is 1.84. The minimum Gasteiger partial charge on any atom is -0.481 e. The van der Waals surface area contributed by atoms with E-state index in [1.807, 2.05) is 0 Å². The number of hydrogen-bond donors (Lipinski definition) is 2. The van der Waals surface area contributed by atoms with Crippen molar-refractivity contribution < 1.29 is 19.1 Å². The molecule has 0 atom stereocenters. The number of nitrogens with one attached hydrogen (secondary N) is 1. The Hall–Kier alpha value is -2.11. The Balaban J connectivity index is 2.62. The van der Waals surface area contributed by atoms with Gasteiger partial charge < -0.3 is 10.4 Å². The number of anilines is 1. The Bertz CT molecular complexity index is 420. The van der Waals surface area contributed by atoms with E-state index in [1.54, 1.807) is 6.92 Å². The van der Waals surface area contributed by atoms with Gasteiger partial charge in [-0.3, -0.25) is 9.69 Å². The van der Waals surface area contributed by atoms with Crippen LogP contribution >= 0.6 is 0 Å². The summed E-state index contributed by atoms with van der Waals surface area (Å²) in [6.07, 6.45) is -0.132. The Morgan fingerprint density at radius 2 is 1.94 bits per heavy atom. The van der Waals surface area contributed by atoms with Crippen LogP contribution in [0.1, 0.15) is 13.3 Å². The molecule has 2 N–H and O–H groups in total. The average Bonchev–Trinajstić information content (AvgIpc) is 2.32. The van der Waals surface area contributed by atoms with Crippen LogP contribution in [0, 0.1) is 5.82 Å². The van der Waals surface area contributed by atoms with E-state index < -0.39 is 12.0 Å². The minimum atomic E-state index is -0.972. The molecule has 0 spiro atoms. The third-order valence-corrected chi connectivity index (χ3v) is 2.31. The topological polar surface area (TPSA) is 69.6 Å². The van der Waals surface area contributed by atoms with Crippen molar-refractivity contribution in [1.82, 2.24) is 5.32 Å². The molecule has 1 aromatic carbocycles. The van der Waals surface area contributed by atoms with Crippen molar-refractivity contribution in [1.29, 1.82) is 0 Å². The van der Waals surface area contributed by atoms with Crippen LogP contribution in [0.4, 0.5) is 14.9 Å². The van der Waals surface area contributed by atoms with E-state index in [0.717, 1.165) is 0 Å². The number of halogens is 1. The highest BCUT2D eigenvalue weighted by Crippen LogP contribution is 2.14. The summed E-state index contributed by atoms with van der Waals surface area (Å²) in [6, 6.07) is 5.13. The first-order chi connectivity index (χ1) is 8.54. The van der Waals surface area contributed by atoms with Crippen molar-refractivity contribution in [2.24, 2.45) is 0 Å². The van der Waals surface area contributed by atoms with Crippen LogP contribution in [0.15, 0.2) is 24.3 Å². The standard InChI is InChI=1S/C12H15FN2O3/c1-2-15(10-5-3-9(13)4-6-10)12(18)14-8-7-11(16)17/h3-6H,2,7-8H2,1H3,(H,14,18)(H,16,17). The number of hydrogen-bond acceptors (Lipinski definition) is 2. The van der Waals surface area contributed by atoms with E-state index in [4.69, 9.17) is 5.11 Å². The second-order valence-corrected chi connectivity index (χ2v) is 3.60. The smallest absolute Gasteiger partial charge is 0.321 e. The summed E-state index contributed by atoms with van der Waals surface area (Å²) in [5, 5.41) is 11.0. The molecule has 0 radical (unpaired) electrons. The Morgan fingerprint density at radius 1 is 1.33 bits per heavy atom. The van der Waals surface area contributed by atoms with E-state index in [2.05, 4.69) is 5.32 Å². The Morgan fingerprint density at radius 3 is 2.44 bits per heavy atom. The van der Waals surface area contributed by atoms with Gasteiger partial charge in [0.15, 0.2) is 0 Å². The highest BCUT2D eigenvalue weighted by molar-refractivity contribution is 5.92. The van der Waals surface area contributed by atoms with Gasteiger partial charge in [-0.15, -0.1) is 0 Å². The van der Waals surface area contributed by atoms with Gasteiger partial charge in [0.25, 0.3) is 0 Å². The molecule has 0 aliphatic rings. The second kappa shape index (κ2) is 6.58.